The number of benzene rings is 2. The second kappa shape index (κ2) is 7.30. The van der Waals surface area contributed by atoms with Crippen molar-refractivity contribution in [2.45, 2.75) is 26.2 Å². The van der Waals surface area contributed by atoms with Crippen LogP contribution in [-0.4, -0.2) is 29.8 Å². The topological polar surface area (TPSA) is 49.4 Å². The third-order valence-corrected chi connectivity index (χ3v) is 4.29. The number of carbonyl (C=O) groups excluding carboxylic acids is 2. The minimum Gasteiger partial charge on any atom is -0.339 e. The molecule has 0 bridgehead atoms. The van der Waals surface area contributed by atoms with Crippen molar-refractivity contribution in [2.24, 2.45) is 0 Å². The molecule has 0 aromatic heterocycles. The van der Waals surface area contributed by atoms with Crippen molar-refractivity contribution in [2.75, 3.05) is 18.4 Å². The molecule has 1 fully saturated rings. The highest BCUT2D eigenvalue weighted by atomic mass is 16.2. The summed E-state index contributed by atoms with van der Waals surface area (Å²) in [4.78, 5) is 26.9. The Morgan fingerprint density at radius 3 is 2.38 bits per heavy atom. The number of aryl methyl sites for hydroxylation is 1. The van der Waals surface area contributed by atoms with Gasteiger partial charge in [-0.25, -0.2) is 0 Å². The summed E-state index contributed by atoms with van der Waals surface area (Å²) in [5, 5.41) is 2.88. The lowest BCUT2D eigenvalue weighted by molar-refractivity contribution is 0.0724. The molecule has 2 aromatic rings. The molecule has 3 rings (SSSR count). The zero-order chi connectivity index (χ0) is 16.9. The summed E-state index contributed by atoms with van der Waals surface area (Å²) in [7, 11) is 0. The van der Waals surface area contributed by atoms with Crippen LogP contribution >= 0.6 is 0 Å². The molecule has 0 unspecified atom stereocenters. The molecule has 0 atom stereocenters. The van der Waals surface area contributed by atoms with Gasteiger partial charge in [0.25, 0.3) is 11.8 Å². The van der Waals surface area contributed by atoms with E-state index < -0.39 is 0 Å². The number of hydrogen-bond acceptors (Lipinski definition) is 2. The minimum atomic E-state index is -0.200. The molecule has 1 aliphatic heterocycles. The Bertz CT molecular complexity index is 749. The van der Waals surface area contributed by atoms with Crippen LogP contribution in [0.2, 0.25) is 0 Å². The van der Waals surface area contributed by atoms with Gasteiger partial charge in [-0.2, -0.15) is 0 Å². The summed E-state index contributed by atoms with van der Waals surface area (Å²) in [6.07, 6.45) is 3.29. The van der Waals surface area contributed by atoms with Crippen molar-refractivity contribution in [1.82, 2.24) is 4.90 Å². The first kappa shape index (κ1) is 16.2. The van der Waals surface area contributed by atoms with Gasteiger partial charge in [0.2, 0.25) is 0 Å². The average Bonchev–Trinajstić information content (AvgIpc) is 2.62. The summed E-state index contributed by atoms with van der Waals surface area (Å²) in [6, 6.07) is 14.6. The van der Waals surface area contributed by atoms with Crippen molar-refractivity contribution in [3.8, 4) is 0 Å². The van der Waals surface area contributed by atoms with Crippen molar-refractivity contribution in [1.29, 1.82) is 0 Å². The molecule has 0 aliphatic carbocycles. The van der Waals surface area contributed by atoms with Gasteiger partial charge in [0, 0.05) is 29.9 Å². The van der Waals surface area contributed by atoms with Crippen LogP contribution in [0, 0.1) is 6.92 Å². The standard InChI is InChI=1S/C20H22N2O2/c1-15-7-5-10-18(13-15)21-19(23)16-8-6-9-17(14-16)20(24)22-11-3-2-4-12-22/h5-10,13-14H,2-4,11-12H2,1H3,(H,21,23). The van der Waals surface area contributed by atoms with Gasteiger partial charge in [-0.05, 0) is 62.1 Å². The van der Waals surface area contributed by atoms with Crippen LogP contribution in [0.3, 0.4) is 0 Å². The maximum atomic E-state index is 12.6. The minimum absolute atomic E-state index is 0.0138. The van der Waals surface area contributed by atoms with E-state index in [-0.39, 0.29) is 11.8 Å². The first-order valence-corrected chi connectivity index (χ1v) is 8.41. The molecular weight excluding hydrogens is 300 g/mol. The van der Waals surface area contributed by atoms with E-state index in [1.807, 2.05) is 36.1 Å². The molecule has 4 nitrogen and oxygen atoms in total. The van der Waals surface area contributed by atoms with Crippen molar-refractivity contribution in [3.63, 3.8) is 0 Å². The van der Waals surface area contributed by atoms with E-state index in [2.05, 4.69) is 5.32 Å². The normalized spacial score (nSPS) is 14.3. The second-order valence-corrected chi connectivity index (χ2v) is 6.26. The van der Waals surface area contributed by atoms with Gasteiger partial charge in [-0.3, -0.25) is 9.59 Å². The van der Waals surface area contributed by atoms with Crippen LogP contribution < -0.4 is 5.32 Å². The maximum absolute atomic E-state index is 12.6. The monoisotopic (exact) mass is 322 g/mol. The highest BCUT2D eigenvalue weighted by molar-refractivity contribution is 6.06. The Hall–Kier alpha value is -2.62. The lowest BCUT2D eigenvalue weighted by Gasteiger charge is -2.26. The average molecular weight is 322 g/mol. The maximum Gasteiger partial charge on any atom is 0.255 e. The molecule has 2 amide bonds. The molecule has 124 valence electrons. The molecule has 0 saturated carbocycles. The molecular formula is C20H22N2O2. The number of hydrogen-bond donors (Lipinski definition) is 1. The molecule has 0 radical (unpaired) electrons. The van der Waals surface area contributed by atoms with E-state index in [4.69, 9.17) is 0 Å². The van der Waals surface area contributed by atoms with Gasteiger partial charge < -0.3 is 10.2 Å². The molecule has 1 N–H and O–H groups in total. The number of rotatable bonds is 3. The summed E-state index contributed by atoms with van der Waals surface area (Å²) in [5.74, 6) is -0.186. The van der Waals surface area contributed by atoms with Crippen LogP contribution in [0.15, 0.2) is 48.5 Å². The van der Waals surface area contributed by atoms with Gasteiger partial charge in [-0.1, -0.05) is 18.2 Å². The molecule has 4 heteroatoms. The largest absolute Gasteiger partial charge is 0.339 e. The van der Waals surface area contributed by atoms with Crippen molar-refractivity contribution >= 4 is 17.5 Å². The van der Waals surface area contributed by atoms with Crippen LogP contribution in [0.25, 0.3) is 0 Å². The highest BCUT2D eigenvalue weighted by Crippen LogP contribution is 2.16. The van der Waals surface area contributed by atoms with Crippen LogP contribution in [0.1, 0.15) is 45.5 Å². The zero-order valence-electron chi connectivity index (χ0n) is 13.9. The number of nitrogens with zero attached hydrogens (tertiary/aromatic N) is 1. The summed E-state index contributed by atoms with van der Waals surface area (Å²) >= 11 is 0. The summed E-state index contributed by atoms with van der Waals surface area (Å²) in [5.41, 5.74) is 2.92. The Balaban J connectivity index is 1.74. The third kappa shape index (κ3) is 3.82. The van der Waals surface area contributed by atoms with E-state index >= 15 is 0 Å². The van der Waals surface area contributed by atoms with E-state index in [0.717, 1.165) is 37.2 Å². The number of amides is 2. The highest BCUT2D eigenvalue weighted by Gasteiger charge is 2.19. The number of piperidine rings is 1. The van der Waals surface area contributed by atoms with Gasteiger partial charge in [0.1, 0.15) is 0 Å². The van der Waals surface area contributed by atoms with E-state index in [1.54, 1.807) is 24.3 Å². The number of anilines is 1. The predicted octanol–water partition coefficient (Wildman–Crippen LogP) is 3.87. The molecule has 2 aromatic carbocycles. The molecule has 1 aliphatic rings. The Kier molecular flexibility index (Phi) is 4.94. The van der Waals surface area contributed by atoms with Crippen LogP contribution in [0.5, 0.6) is 0 Å². The predicted molar refractivity (Wildman–Crippen MR) is 95.3 cm³/mol. The Morgan fingerprint density at radius 1 is 0.917 bits per heavy atom. The van der Waals surface area contributed by atoms with Gasteiger partial charge in [0.05, 0.1) is 0 Å². The summed E-state index contributed by atoms with van der Waals surface area (Å²) < 4.78 is 0. The van der Waals surface area contributed by atoms with E-state index in [9.17, 15) is 9.59 Å². The first-order valence-electron chi connectivity index (χ1n) is 8.41. The smallest absolute Gasteiger partial charge is 0.255 e. The van der Waals surface area contributed by atoms with Crippen molar-refractivity contribution < 1.29 is 9.59 Å². The lowest BCUT2D eigenvalue weighted by Crippen LogP contribution is -2.35. The van der Waals surface area contributed by atoms with E-state index in [0.29, 0.717) is 11.1 Å². The fraction of sp³-hybridized carbons (Fsp3) is 0.300. The van der Waals surface area contributed by atoms with Gasteiger partial charge >= 0.3 is 0 Å². The van der Waals surface area contributed by atoms with Crippen LogP contribution in [0.4, 0.5) is 5.69 Å². The quantitative estimate of drug-likeness (QED) is 0.932. The van der Waals surface area contributed by atoms with Crippen molar-refractivity contribution in [3.05, 3.63) is 65.2 Å². The fourth-order valence-electron chi connectivity index (χ4n) is 3.00. The zero-order valence-corrected chi connectivity index (χ0v) is 13.9. The Labute approximate surface area is 142 Å². The lowest BCUT2D eigenvalue weighted by atomic mass is 10.1. The van der Waals surface area contributed by atoms with E-state index in [1.165, 1.54) is 6.42 Å². The fourth-order valence-corrected chi connectivity index (χ4v) is 3.00. The van der Waals surface area contributed by atoms with Gasteiger partial charge in [0.15, 0.2) is 0 Å². The second-order valence-electron chi connectivity index (χ2n) is 6.26. The Morgan fingerprint density at radius 2 is 1.62 bits per heavy atom. The number of nitrogens with one attached hydrogen (secondary N) is 1. The van der Waals surface area contributed by atoms with Gasteiger partial charge in [-0.15, -0.1) is 0 Å². The molecule has 0 spiro atoms. The third-order valence-electron chi connectivity index (χ3n) is 4.29. The number of carbonyl (C=O) groups is 2. The number of likely N-dealkylation sites (tertiary alicyclic amines) is 1. The molecule has 24 heavy (non-hydrogen) atoms. The molecule has 1 saturated heterocycles. The molecule has 1 heterocycles. The summed E-state index contributed by atoms with van der Waals surface area (Å²) in [6.45, 7) is 3.59. The SMILES string of the molecule is Cc1cccc(NC(=O)c2cccc(C(=O)N3CCCCC3)c2)c1. The van der Waals surface area contributed by atoms with Crippen LogP contribution in [-0.2, 0) is 0 Å². The first-order chi connectivity index (χ1) is 11.6.